The van der Waals surface area contributed by atoms with Gasteiger partial charge in [-0.1, -0.05) is 146 Å². The lowest BCUT2D eigenvalue weighted by atomic mass is 9.85. The maximum Gasteiger partial charge on any atom is 0.160 e. The van der Waals surface area contributed by atoms with Crippen LogP contribution in [0.3, 0.4) is 0 Å². The number of hydrogen-bond donors (Lipinski definition) is 0. The molecule has 11 rings (SSSR count). The fourth-order valence-electron chi connectivity index (χ4n) is 8.45. The molecule has 2 heterocycles. The lowest BCUT2D eigenvalue weighted by Gasteiger charge is -2.19. The molecule has 2 heteroatoms. The van der Waals surface area contributed by atoms with Gasteiger partial charge in [-0.3, -0.25) is 0 Å². The minimum atomic E-state index is 0.910. The molecule has 0 saturated heterocycles. The Labute approximate surface area is 288 Å². The van der Waals surface area contributed by atoms with Crippen molar-refractivity contribution >= 4 is 76.1 Å². The average molecular weight is 636 g/mol. The molecule has 0 fully saturated rings. The lowest BCUT2D eigenvalue weighted by molar-refractivity contribution is 0.671. The van der Waals surface area contributed by atoms with Gasteiger partial charge in [0.05, 0.1) is 11.0 Å². The molecule has 2 nitrogen and oxygen atoms in total. The van der Waals surface area contributed by atoms with Crippen LogP contribution in [0.2, 0.25) is 0 Å². The van der Waals surface area contributed by atoms with Crippen molar-refractivity contribution in [3.63, 3.8) is 0 Å². The molecular weight excluding hydrogens is 607 g/mol. The zero-order chi connectivity index (χ0) is 32.8. The van der Waals surface area contributed by atoms with Crippen LogP contribution in [0, 0.1) is 0 Å². The van der Waals surface area contributed by atoms with Gasteiger partial charge in [0.15, 0.2) is 5.58 Å². The van der Waals surface area contributed by atoms with Crippen molar-refractivity contribution in [3.05, 3.63) is 176 Å². The van der Waals surface area contributed by atoms with Gasteiger partial charge in [0.1, 0.15) is 5.58 Å². The number of rotatable bonds is 3. The van der Waals surface area contributed by atoms with Gasteiger partial charge in [0.25, 0.3) is 0 Å². The summed E-state index contributed by atoms with van der Waals surface area (Å²) in [5.41, 5.74) is 10.2. The first kappa shape index (κ1) is 27.3. The Balaban J connectivity index is 1.17. The molecule has 0 aliphatic heterocycles. The molecule has 0 aliphatic carbocycles. The molecule has 0 spiro atoms. The van der Waals surface area contributed by atoms with Crippen LogP contribution >= 0.6 is 0 Å². The van der Waals surface area contributed by atoms with Crippen LogP contribution in [0.1, 0.15) is 0 Å². The number of benzene rings is 9. The van der Waals surface area contributed by atoms with Crippen molar-refractivity contribution in [2.75, 3.05) is 0 Å². The van der Waals surface area contributed by atoms with Crippen molar-refractivity contribution in [2.45, 2.75) is 0 Å². The minimum absolute atomic E-state index is 0.910. The van der Waals surface area contributed by atoms with E-state index in [4.69, 9.17) is 4.42 Å². The Morgan fingerprint density at radius 3 is 1.66 bits per heavy atom. The average Bonchev–Trinajstić information content (AvgIpc) is 3.73. The maximum absolute atomic E-state index is 6.60. The molecule has 2 aromatic heterocycles. The molecule has 0 aliphatic rings. The summed E-state index contributed by atoms with van der Waals surface area (Å²) in [6, 6.07) is 63.8. The van der Waals surface area contributed by atoms with E-state index >= 15 is 0 Å². The van der Waals surface area contributed by atoms with Crippen LogP contribution < -0.4 is 0 Å². The van der Waals surface area contributed by atoms with E-state index < -0.39 is 0 Å². The standard InChI is InChI=1S/C48H29NO/c1-2-14-33-30(12-1)13-11-21-36(33)46-39-19-5-3-17-37(39)45(38-18-4-6-20-40(38)46)31-24-26-32(27-25-31)49-43-22-9-7-15-34(43)41-28-29-42-35-16-8-10-23-44(35)50-48(42)47(41)49/h1-29H. The molecule has 9 aromatic carbocycles. The van der Waals surface area contributed by atoms with E-state index in [9.17, 15) is 0 Å². The van der Waals surface area contributed by atoms with Gasteiger partial charge in [-0.05, 0) is 84.9 Å². The van der Waals surface area contributed by atoms with Crippen molar-refractivity contribution in [1.82, 2.24) is 4.57 Å². The van der Waals surface area contributed by atoms with Crippen LogP contribution in [-0.4, -0.2) is 4.57 Å². The third-order valence-electron chi connectivity index (χ3n) is 10.6. The SMILES string of the molecule is c1ccc2c(-c3c4ccccc4c(-c4ccc(-n5c6ccccc6c6ccc7c8ccccc8oc7c65)cc4)c4ccccc34)cccc2c1. The highest BCUT2D eigenvalue weighted by atomic mass is 16.3. The summed E-state index contributed by atoms with van der Waals surface area (Å²) in [6.45, 7) is 0. The van der Waals surface area contributed by atoms with Crippen LogP contribution in [0.5, 0.6) is 0 Å². The first-order valence-corrected chi connectivity index (χ1v) is 17.2. The monoisotopic (exact) mass is 635 g/mol. The molecule has 0 saturated carbocycles. The summed E-state index contributed by atoms with van der Waals surface area (Å²) in [7, 11) is 0. The maximum atomic E-state index is 6.60. The zero-order valence-electron chi connectivity index (χ0n) is 27.1. The molecule has 0 unspecified atom stereocenters. The second-order valence-electron chi connectivity index (χ2n) is 13.2. The summed E-state index contributed by atoms with van der Waals surface area (Å²) >= 11 is 0. The van der Waals surface area contributed by atoms with Crippen LogP contribution in [0.25, 0.3) is 104 Å². The number of nitrogens with zero attached hydrogens (tertiary/aromatic N) is 1. The van der Waals surface area contributed by atoms with Gasteiger partial charge >= 0.3 is 0 Å². The van der Waals surface area contributed by atoms with Crippen molar-refractivity contribution in [1.29, 1.82) is 0 Å². The second kappa shape index (κ2) is 10.4. The summed E-state index contributed by atoms with van der Waals surface area (Å²) < 4.78 is 8.97. The molecule has 0 N–H and O–H groups in total. The largest absolute Gasteiger partial charge is 0.454 e. The second-order valence-corrected chi connectivity index (χ2v) is 13.2. The van der Waals surface area contributed by atoms with Gasteiger partial charge in [-0.15, -0.1) is 0 Å². The molecule has 0 radical (unpaired) electrons. The smallest absolute Gasteiger partial charge is 0.160 e. The number of furan rings is 1. The van der Waals surface area contributed by atoms with Gasteiger partial charge < -0.3 is 8.98 Å². The Kier molecular flexibility index (Phi) is 5.70. The van der Waals surface area contributed by atoms with Gasteiger partial charge in [-0.2, -0.15) is 0 Å². The molecular formula is C48H29NO. The van der Waals surface area contributed by atoms with E-state index in [2.05, 4.69) is 174 Å². The predicted octanol–water partition coefficient (Wildman–Crippen LogP) is 13.5. The highest BCUT2D eigenvalue weighted by Gasteiger charge is 2.20. The molecule has 11 aromatic rings. The van der Waals surface area contributed by atoms with Gasteiger partial charge in [-0.25, -0.2) is 0 Å². The Bertz CT molecular complexity index is 3080. The number of hydrogen-bond acceptors (Lipinski definition) is 1. The van der Waals surface area contributed by atoms with Crippen molar-refractivity contribution in [3.8, 4) is 27.9 Å². The van der Waals surface area contributed by atoms with E-state index in [1.807, 2.05) is 6.07 Å². The van der Waals surface area contributed by atoms with Crippen molar-refractivity contribution < 1.29 is 4.42 Å². The zero-order valence-corrected chi connectivity index (χ0v) is 27.1. The highest BCUT2D eigenvalue weighted by Crippen LogP contribution is 2.46. The first-order valence-electron chi connectivity index (χ1n) is 17.2. The highest BCUT2D eigenvalue weighted by molar-refractivity contribution is 6.24. The summed E-state index contributed by atoms with van der Waals surface area (Å²) in [6.07, 6.45) is 0. The quantitative estimate of drug-likeness (QED) is 0.177. The normalized spacial score (nSPS) is 12.0. The third-order valence-corrected chi connectivity index (χ3v) is 10.6. The van der Waals surface area contributed by atoms with E-state index in [0.717, 1.165) is 33.1 Å². The Hall–Kier alpha value is -6.64. The van der Waals surface area contributed by atoms with Crippen LogP contribution in [-0.2, 0) is 0 Å². The lowest BCUT2D eigenvalue weighted by Crippen LogP contribution is -1.95. The summed E-state index contributed by atoms with van der Waals surface area (Å²) in [5.74, 6) is 0. The predicted molar refractivity (Wildman–Crippen MR) is 211 cm³/mol. The van der Waals surface area contributed by atoms with Gasteiger partial charge in [0.2, 0.25) is 0 Å². The number of para-hydroxylation sites is 2. The molecule has 232 valence electrons. The van der Waals surface area contributed by atoms with E-state index in [1.54, 1.807) is 0 Å². The summed E-state index contributed by atoms with van der Waals surface area (Å²) in [4.78, 5) is 0. The molecule has 50 heavy (non-hydrogen) atoms. The van der Waals surface area contributed by atoms with E-state index in [0.29, 0.717) is 0 Å². The summed E-state index contributed by atoms with van der Waals surface area (Å²) in [5, 5.41) is 12.2. The van der Waals surface area contributed by atoms with Gasteiger partial charge in [0, 0.05) is 27.2 Å². The minimum Gasteiger partial charge on any atom is -0.454 e. The fourth-order valence-corrected chi connectivity index (χ4v) is 8.45. The number of fused-ring (bicyclic) bond motifs is 10. The topological polar surface area (TPSA) is 18.1 Å². The molecule has 0 atom stereocenters. The van der Waals surface area contributed by atoms with E-state index in [1.165, 1.54) is 70.9 Å². The van der Waals surface area contributed by atoms with E-state index in [-0.39, 0.29) is 0 Å². The number of aromatic nitrogens is 1. The fraction of sp³-hybridized carbons (Fsp3) is 0. The molecule has 0 bridgehead atoms. The molecule has 0 amide bonds. The van der Waals surface area contributed by atoms with Crippen LogP contribution in [0.4, 0.5) is 0 Å². The van der Waals surface area contributed by atoms with Crippen LogP contribution in [0.15, 0.2) is 180 Å². The first-order chi connectivity index (χ1) is 24.8. The Morgan fingerprint density at radius 1 is 0.360 bits per heavy atom. The Morgan fingerprint density at radius 2 is 0.920 bits per heavy atom. The third kappa shape index (κ3) is 3.79. The van der Waals surface area contributed by atoms with Crippen molar-refractivity contribution in [2.24, 2.45) is 0 Å².